The Bertz CT molecular complexity index is 738. The van der Waals surface area contributed by atoms with Crippen LogP contribution in [0.3, 0.4) is 0 Å². The van der Waals surface area contributed by atoms with E-state index in [2.05, 4.69) is 45.2 Å². The highest BCUT2D eigenvalue weighted by Gasteiger charge is 2.23. The summed E-state index contributed by atoms with van der Waals surface area (Å²) in [5.74, 6) is 1.31. The molecule has 1 aliphatic rings. The van der Waals surface area contributed by atoms with Gasteiger partial charge in [0.05, 0.1) is 6.54 Å². The van der Waals surface area contributed by atoms with E-state index in [0.29, 0.717) is 31.4 Å². The molecule has 178 valence electrons. The number of aliphatic imine (C=N–C) groups is 1. The van der Waals surface area contributed by atoms with E-state index in [9.17, 15) is 9.59 Å². The molecule has 1 fully saturated rings. The number of ether oxygens (including phenoxy) is 1. The van der Waals surface area contributed by atoms with E-state index in [1.807, 2.05) is 31.7 Å². The average Bonchev–Trinajstić information content (AvgIpc) is 2.75. The van der Waals surface area contributed by atoms with Gasteiger partial charge in [0.2, 0.25) is 5.91 Å². The Labute approximate surface area is 192 Å². The number of rotatable bonds is 8. The fourth-order valence-electron chi connectivity index (χ4n) is 3.63. The molecule has 2 rings (SSSR count). The maximum Gasteiger partial charge on any atom is 0.407 e. The number of hydrogen-bond acceptors (Lipinski definition) is 4. The highest BCUT2D eigenvalue weighted by molar-refractivity contribution is 5.86. The predicted octanol–water partition coefficient (Wildman–Crippen LogP) is 2.55. The first kappa shape index (κ1) is 25.5. The van der Waals surface area contributed by atoms with Crippen molar-refractivity contribution >= 4 is 18.0 Å². The van der Waals surface area contributed by atoms with Crippen LogP contribution in [0.25, 0.3) is 0 Å². The molecule has 1 aromatic carbocycles. The summed E-state index contributed by atoms with van der Waals surface area (Å²) in [6.45, 7) is 8.44. The zero-order chi connectivity index (χ0) is 23.4. The molecule has 2 amide bonds. The lowest BCUT2D eigenvalue weighted by Gasteiger charge is -2.32. The highest BCUT2D eigenvalue weighted by Crippen LogP contribution is 2.21. The summed E-state index contributed by atoms with van der Waals surface area (Å²) in [5, 5.41) is 8.96. The van der Waals surface area contributed by atoms with E-state index in [1.54, 1.807) is 7.05 Å². The van der Waals surface area contributed by atoms with E-state index >= 15 is 0 Å². The molecule has 0 bridgehead atoms. The number of benzene rings is 1. The van der Waals surface area contributed by atoms with E-state index in [-0.39, 0.29) is 12.5 Å². The van der Waals surface area contributed by atoms with E-state index in [0.717, 1.165) is 32.4 Å². The van der Waals surface area contributed by atoms with Crippen molar-refractivity contribution in [2.75, 3.05) is 39.8 Å². The molecule has 1 heterocycles. The minimum atomic E-state index is -0.502. The largest absolute Gasteiger partial charge is 0.444 e. The van der Waals surface area contributed by atoms with Gasteiger partial charge < -0.3 is 25.6 Å². The molecular weight excluding hydrogens is 406 g/mol. The summed E-state index contributed by atoms with van der Waals surface area (Å²) >= 11 is 0. The van der Waals surface area contributed by atoms with Gasteiger partial charge in [0.15, 0.2) is 5.96 Å². The first-order valence-electron chi connectivity index (χ1n) is 11.5. The molecule has 32 heavy (non-hydrogen) atoms. The van der Waals surface area contributed by atoms with Crippen molar-refractivity contribution in [3.8, 4) is 0 Å². The fraction of sp³-hybridized carbons (Fsp3) is 0.625. The van der Waals surface area contributed by atoms with Crippen LogP contribution in [0.4, 0.5) is 4.79 Å². The Morgan fingerprint density at radius 3 is 2.34 bits per heavy atom. The number of likely N-dealkylation sites (tertiary alicyclic amines) is 1. The first-order chi connectivity index (χ1) is 15.3. The number of hydrogen-bond donors (Lipinski definition) is 3. The van der Waals surface area contributed by atoms with Crippen LogP contribution in [-0.2, 0) is 16.0 Å². The second-order valence-corrected chi connectivity index (χ2v) is 9.15. The van der Waals surface area contributed by atoms with Gasteiger partial charge in [-0.05, 0) is 57.9 Å². The number of piperidine rings is 1. The summed E-state index contributed by atoms with van der Waals surface area (Å²) < 4.78 is 5.20. The normalized spacial score (nSPS) is 15.2. The third-order valence-electron chi connectivity index (χ3n) is 5.28. The molecule has 0 radical (unpaired) electrons. The van der Waals surface area contributed by atoms with Gasteiger partial charge in [-0.15, -0.1) is 0 Å². The van der Waals surface area contributed by atoms with Gasteiger partial charge in [-0.1, -0.05) is 30.3 Å². The maximum absolute atomic E-state index is 12.6. The third kappa shape index (κ3) is 10.0. The van der Waals surface area contributed by atoms with Crippen molar-refractivity contribution in [3.05, 3.63) is 35.9 Å². The zero-order valence-corrected chi connectivity index (χ0v) is 19.9. The van der Waals surface area contributed by atoms with Gasteiger partial charge >= 0.3 is 6.09 Å². The van der Waals surface area contributed by atoms with E-state index in [4.69, 9.17) is 4.74 Å². The van der Waals surface area contributed by atoms with Crippen LogP contribution >= 0.6 is 0 Å². The molecule has 8 heteroatoms. The topological polar surface area (TPSA) is 95.1 Å². The van der Waals surface area contributed by atoms with E-state index < -0.39 is 11.7 Å². The average molecular weight is 446 g/mol. The monoisotopic (exact) mass is 445 g/mol. The Balaban J connectivity index is 1.59. The van der Waals surface area contributed by atoms with Crippen LogP contribution in [0, 0.1) is 5.92 Å². The van der Waals surface area contributed by atoms with Crippen LogP contribution in [-0.4, -0.2) is 68.2 Å². The Hall–Kier alpha value is -2.77. The number of guanidine groups is 1. The van der Waals surface area contributed by atoms with Crippen molar-refractivity contribution in [1.82, 2.24) is 20.9 Å². The quantitative estimate of drug-likeness (QED) is 0.325. The predicted molar refractivity (Wildman–Crippen MR) is 128 cm³/mol. The van der Waals surface area contributed by atoms with Crippen molar-refractivity contribution in [2.45, 2.75) is 52.1 Å². The number of carbonyl (C=O) groups is 2. The molecule has 0 aliphatic carbocycles. The van der Waals surface area contributed by atoms with Gasteiger partial charge in [-0.3, -0.25) is 9.79 Å². The summed E-state index contributed by atoms with van der Waals surface area (Å²) in [5.41, 5.74) is 0.868. The fourth-order valence-corrected chi connectivity index (χ4v) is 3.63. The van der Waals surface area contributed by atoms with Gasteiger partial charge in [0.25, 0.3) is 0 Å². The third-order valence-corrected chi connectivity index (χ3v) is 5.28. The van der Waals surface area contributed by atoms with Crippen LogP contribution in [0.1, 0.15) is 45.6 Å². The standard InChI is InChI=1S/C24H39N5O3/c1-24(2,3)32-23(31)27-14-8-13-26-22(25-4)28-18-21(30)29-15-11-20(12-16-29)17-19-9-6-5-7-10-19/h5-7,9-10,20H,8,11-18H2,1-4H3,(H,27,31)(H2,25,26,28). The molecular formula is C24H39N5O3. The minimum absolute atomic E-state index is 0.0951. The van der Waals surface area contributed by atoms with Gasteiger partial charge in [0, 0.05) is 33.2 Å². The molecule has 0 unspecified atom stereocenters. The second-order valence-electron chi connectivity index (χ2n) is 9.15. The van der Waals surface area contributed by atoms with Crippen molar-refractivity contribution in [1.29, 1.82) is 0 Å². The molecule has 1 saturated heterocycles. The number of nitrogens with one attached hydrogen (secondary N) is 3. The Kier molecular flexibility index (Phi) is 10.3. The Morgan fingerprint density at radius 1 is 1.06 bits per heavy atom. The number of nitrogens with zero attached hydrogens (tertiary/aromatic N) is 2. The Morgan fingerprint density at radius 2 is 1.72 bits per heavy atom. The van der Waals surface area contributed by atoms with Crippen LogP contribution in [0.2, 0.25) is 0 Å². The lowest BCUT2D eigenvalue weighted by molar-refractivity contribution is -0.131. The van der Waals surface area contributed by atoms with Crippen molar-refractivity contribution < 1.29 is 14.3 Å². The molecule has 0 spiro atoms. The van der Waals surface area contributed by atoms with Gasteiger partial charge in [-0.25, -0.2) is 4.79 Å². The minimum Gasteiger partial charge on any atom is -0.444 e. The number of alkyl carbamates (subject to hydrolysis) is 1. The van der Waals surface area contributed by atoms with Crippen molar-refractivity contribution in [2.24, 2.45) is 10.9 Å². The van der Waals surface area contributed by atoms with E-state index in [1.165, 1.54) is 5.56 Å². The molecule has 1 aliphatic heterocycles. The second kappa shape index (κ2) is 12.9. The molecule has 0 aromatic heterocycles. The van der Waals surface area contributed by atoms with Crippen LogP contribution < -0.4 is 16.0 Å². The summed E-state index contributed by atoms with van der Waals surface area (Å²) in [6.07, 6.45) is 3.46. The zero-order valence-electron chi connectivity index (χ0n) is 19.9. The summed E-state index contributed by atoms with van der Waals surface area (Å²) in [6, 6.07) is 10.6. The van der Waals surface area contributed by atoms with Crippen molar-refractivity contribution in [3.63, 3.8) is 0 Å². The molecule has 0 atom stereocenters. The number of carbonyl (C=O) groups excluding carboxylic acids is 2. The highest BCUT2D eigenvalue weighted by atomic mass is 16.6. The smallest absolute Gasteiger partial charge is 0.407 e. The summed E-state index contributed by atoms with van der Waals surface area (Å²) in [4.78, 5) is 30.3. The molecule has 3 N–H and O–H groups in total. The lowest BCUT2D eigenvalue weighted by atomic mass is 9.90. The van der Waals surface area contributed by atoms with Crippen LogP contribution in [0.5, 0.6) is 0 Å². The molecule has 0 saturated carbocycles. The number of amides is 2. The van der Waals surface area contributed by atoms with Gasteiger partial charge in [-0.2, -0.15) is 0 Å². The molecule has 1 aromatic rings. The van der Waals surface area contributed by atoms with Gasteiger partial charge in [0.1, 0.15) is 5.60 Å². The summed E-state index contributed by atoms with van der Waals surface area (Å²) in [7, 11) is 1.67. The molecule has 8 nitrogen and oxygen atoms in total. The maximum atomic E-state index is 12.6. The first-order valence-corrected chi connectivity index (χ1v) is 11.5. The lowest BCUT2D eigenvalue weighted by Crippen LogP contribution is -2.47. The SMILES string of the molecule is CN=C(NCCCNC(=O)OC(C)(C)C)NCC(=O)N1CCC(Cc2ccccc2)CC1. The van der Waals surface area contributed by atoms with Crippen LogP contribution in [0.15, 0.2) is 35.3 Å².